The summed E-state index contributed by atoms with van der Waals surface area (Å²) in [7, 11) is 0. The predicted molar refractivity (Wildman–Crippen MR) is 159 cm³/mol. The van der Waals surface area contributed by atoms with Crippen LogP contribution in [0, 0.1) is 26.6 Å². The molecule has 0 saturated heterocycles. The molecule has 2 aliphatic rings. The van der Waals surface area contributed by atoms with Crippen LogP contribution in [-0.2, 0) is 0 Å². The lowest BCUT2D eigenvalue weighted by Crippen LogP contribution is -2.46. The molecule has 0 aliphatic carbocycles. The van der Waals surface area contributed by atoms with Crippen LogP contribution in [-0.4, -0.2) is 21.5 Å². The molecule has 4 aromatic carbocycles. The number of anilines is 2. The summed E-state index contributed by atoms with van der Waals surface area (Å²) in [6.45, 7) is 6.16. The smallest absolute Gasteiger partial charge is 0.179 e. The molecule has 40 heavy (non-hydrogen) atoms. The molecule has 3 heterocycles. The van der Waals surface area contributed by atoms with Crippen LogP contribution < -0.4 is 10.2 Å². The van der Waals surface area contributed by atoms with Gasteiger partial charge in [0.2, 0.25) is 0 Å². The largest absolute Gasteiger partial charge is 0.337 e. The van der Waals surface area contributed by atoms with Crippen molar-refractivity contribution in [1.29, 1.82) is 0 Å². The number of nitrogens with one attached hydrogen (secondary N) is 1. The van der Waals surface area contributed by atoms with Gasteiger partial charge in [-0.1, -0.05) is 54.6 Å². The van der Waals surface area contributed by atoms with Gasteiger partial charge in [-0.05, 0) is 79.9 Å². The van der Waals surface area contributed by atoms with E-state index in [0.717, 1.165) is 56.5 Å². The Labute approximate surface area is 232 Å². The SMILES string of the molecule is Cc1ccc(C)c(NC2=Nc3ccccc3N3C2=Nc2c(c(C)nn2-c2ccccc2)[C@H]3c2ccc(F)cc2)c1. The molecule has 0 bridgehead atoms. The number of halogens is 1. The molecule has 0 unspecified atom stereocenters. The van der Waals surface area contributed by atoms with Gasteiger partial charge in [-0.3, -0.25) is 0 Å². The lowest BCUT2D eigenvalue weighted by atomic mass is 9.93. The van der Waals surface area contributed by atoms with E-state index in [1.807, 2.05) is 72.3 Å². The first-order chi connectivity index (χ1) is 19.5. The van der Waals surface area contributed by atoms with Gasteiger partial charge in [0.15, 0.2) is 17.5 Å². The molecule has 196 valence electrons. The van der Waals surface area contributed by atoms with Crippen molar-refractivity contribution in [1.82, 2.24) is 9.78 Å². The summed E-state index contributed by atoms with van der Waals surface area (Å²) >= 11 is 0. The fourth-order valence-corrected chi connectivity index (χ4v) is 5.51. The van der Waals surface area contributed by atoms with Gasteiger partial charge in [0.1, 0.15) is 5.82 Å². The van der Waals surface area contributed by atoms with Gasteiger partial charge >= 0.3 is 0 Å². The Kier molecular flexibility index (Phi) is 5.59. The summed E-state index contributed by atoms with van der Waals surface area (Å²) < 4.78 is 16.0. The highest BCUT2D eigenvalue weighted by Crippen LogP contribution is 2.48. The molecule has 0 radical (unpaired) electrons. The van der Waals surface area contributed by atoms with Crippen LogP contribution >= 0.6 is 0 Å². The van der Waals surface area contributed by atoms with Crippen molar-refractivity contribution in [2.45, 2.75) is 26.8 Å². The van der Waals surface area contributed by atoms with E-state index in [1.165, 1.54) is 12.1 Å². The number of nitrogens with zero attached hydrogens (tertiary/aromatic N) is 5. The highest BCUT2D eigenvalue weighted by Gasteiger charge is 2.41. The Hall–Kier alpha value is -5.04. The van der Waals surface area contributed by atoms with E-state index in [4.69, 9.17) is 15.1 Å². The molecule has 6 nitrogen and oxygen atoms in total. The van der Waals surface area contributed by atoms with E-state index >= 15 is 0 Å². The Morgan fingerprint density at radius 2 is 1.55 bits per heavy atom. The third-order valence-electron chi connectivity index (χ3n) is 7.47. The zero-order valence-corrected chi connectivity index (χ0v) is 22.4. The van der Waals surface area contributed by atoms with Crippen molar-refractivity contribution in [3.63, 3.8) is 0 Å². The third-order valence-corrected chi connectivity index (χ3v) is 7.47. The molecule has 7 heteroatoms. The Balaban J connectivity index is 1.50. The van der Waals surface area contributed by atoms with Crippen molar-refractivity contribution in [3.8, 4) is 5.69 Å². The van der Waals surface area contributed by atoms with Crippen molar-refractivity contribution >= 4 is 34.6 Å². The Morgan fingerprint density at radius 1 is 0.800 bits per heavy atom. The van der Waals surface area contributed by atoms with Gasteiger partial charge < -0.3 is 10.2 Å². The van der Waals surface area contributed by atoms with Crippen LogP contribution in [0.2, 0.25) is 0 Å². The number of hydrogen-bond donors (Lipinski definition) is 1. The molecule has 5 aromatic rings. The fraction of sp³-hybridized carbons (Fsp3) is 0.121. The molecule has 1 atom stereocenters. The summed E-state index contributed by atoms with van der Waals surface area (Å²) in [5.74, 6) is 1.78. The number of rotatable bonds is 3. The van der Waals surface area contributed by atoms with Crippen LogP contribution in [0.15, 0.2) is 107 Å². The third kappa shape index (κ3) is 3.90. The number of aliphatic imine (C=N–C) groups is 2. The van der Waals surface area contributed by atoms with Crippen LogP contribution in [0.5, 0.6) is 0 Å². The molecule has 2 aliphatic heterocycles. The number of aromatic nitrogens is 2. The molecule has 0 spiro atoms. The van der Waals surface area contributed by atoms with Gasteiger partial charge in [-0.25, -0.2) is 19.1 Å². The first-order valence-electron chi connectivity index (χ1n) is 13.3. The standard InChI is InChI=1S/C33H27FN6/c1-20-13-14-21(2)27(19-20)36-31-33-37-32-29(22(3)38-40(32)25-9-5-4-6-10-25)30(23-15-17-24(34)18-16-23)39(33)28-12-8-7-11-26(28)35-31/h4-19,30H,1-3H3,(H,35,36)/t30-/m1/s1. The second kappa shape index (κ2) is 9.31. The first kappa shape index (κ1) is 24.0. The fourth-order valence-electron chi connectivity index (χ4n) is 5.51. The predicted octanol–water partition coefficient (Wildman–Crippen LogP) is 7.73. The van der Waals surface area contributed by atoms with E-state index < -0.39 is 0 Å². The Bertz CT molecular complexity index is 1820. The minimum atomic E-state index is -0.299. The highest BCUT2D eigenvalue weighted by atomic mass is 19.1. The second-order valence-corrected chi connectivity index (χ2v) is 10.2. The van der Waals surface area contributed by atoms with E-state index in [1.54, 1.807) is 0 Å². The number of benzene rings is 4. The van der Waals surface area contributed by atoms with Crippen molar-refractivity contribution < 1.29 is 4.39 Å². The Morgan fingerprint density at radius 3 is 2.35 bits per heavy atom. The van der Waals surface area contributed by atoms with Crippen LogP contribution in [0.25, 0.3) is 5.69 Å². The average Bonchev–Trinajstić information content (AvgIpc) is 3.31. The van der Waals surface area contributed by atoms with Gasteiger partial charge in [0.25, 0.3) is 0 Å². The van der Waals surface area contributed by atoms with E-state index in [-0.39, 0.29) is 11.9 Å². The van der Waals surface area contributed by atoms with E-state index in [9.17, 15) is 4.39 Å². The van der Waals surface area contributed by atoms with Gasteiger partial charge in [0, 0.05) is 11.3 Å². The number of amidine groups is 2. The molecule has 1 N–H and O–H groups in total. The maximum atomic E-state index is 14.1. The summed E-state index contributed by atoms with van der Waals surface area (Å²) in [6, 6.07) is 30.8. The van der Waals surface area contributed by atoms with E-state index in [0.29, 0.717) is 11.7 Å². The molecule has 0 fully saturated rings. The highest BCUT2D eigenvalue weighted by molar-refractivity contribution is 6.51. The van der Waals surface area contributed by atoms with Gasteiger partial charge in [-0.2, -0.15) is 5.10 Å². The van der Waals surface area contributed by atoms with E-state index in [2.05, 4.69) is 48.3 Å². The lowest BCUT2D eigenvalue weighted by molar-refractivity contribution is 0.626. The summed E-state index contributed by atoms with van der Waals surface area (Å²) in [5, 5.41) is 8.55. The van der Waals surface area contributed by atoms with Gasteiger partial charge in [-0.15, -0.1) is 0 Å². The molecular formula is C33H27FN6. The number of fused-ring (bicyclic) bond motifs is 4. The number of aryl methyl sites for hydroxylation is 3. The lowest BCUT2D eigenvalue weighted by Gasteiger charge is -2.40. The van der Waals surface area contributed by atoms with Crippen molar-refractivity contribution in [2.24, 2.45) is 9.98 Å². The summed E-state index contributed by atoms with van der Waals surface area (Å²) in [6.07, 6.45) is 0. The van der Waals surface area contributed by atoms with Crippen LogP contribution in [0.4, 0.5) is 27.3 Å². The molecule has 7 rings (SSSR count). The average molecular weight is 527 g/mol. The summed E-state index contributed by atoms with van der Waals surface area (Å²) in [4.78, 5) is 12.5. The second-order valence-electron chi connectivity index (χ2n) is 10.2. The zero-order chi connectivity index (χ0) is 27.4. The van der Waals surface area contributed by atoms with Crippen molar-refractivity contribution in [2.75, 3.05) is 10.2 Å². The molecule has 0 saturated carbocycles. The van der Waals surface area contributed by atoms with Gasteiger partial charge in [0.05, 0.1) is 28.8 Å². The topological polar surface area (TPSA) is 57.8 Å². The van der Waals surface area contributed by atoms with Crippen molar-refractivity contribution in [3.05, 3.63) is 131 Å². The zero-order valence-electron chi connectivity index (χ0n) is 22.4. The maximum Gasteiger partial charge on any atom is 0.179 e. The van der Waals surface area contributed by atoms with Crippen LogP contribution in [0.1, 0.15) is 34.0 Å². The minimum Gasteiger partial charge on any atom is -0.337 e. The van der Waals surface area contributed by atoms with Crippen LogP contribution in [0.3, 0.4) is 0 Å². The minimum absolute atomic E-state index is 0.275. The first-order valence-corrected chi connectivity index (χ1v) is 13.3. The molecular weight excluding hydrogens is 499 g/mol. The number of para-hydroxylation sites is 3. The quantitative estimate of drug-likeness (QED) is 0.262. The monoisotopic (exact) mass is 526 g/mol. The summed E-state index contributed by atoms with van der Waals surface area (Å²) in [5.41, 5.74) is 8.68. The molecule has 1 aromatic heterocycles. The maximum absolute atomic E-state index is 14.1. The number of hydrogen-bond acceptors (Lipinski definition) is 5. The normalized spacial score (nSPS) is 15.5. The molecule has 0 amide bonds.